The molecule has 14 rings (SSSR count). The van der Waals surface area contributed by atoms with Crippen molar-refractivity contribution in [3.8, 4) is 16.8 Å². The van der Waals surface area contributed by atoms with Gasteiger partial charge in [0.2, 0.25) is 5.71 Å². The van der Waals surface area contributed by atoms with Crippen LogP contribution in [0.5, 0.6) is 0 Å². The van der Waals surface area contributed by atoms with Crippen LogP contribution >= 0.6 is 0 Å². The van der Waals surface area contributed by atoms with E-state index in [1.165, 1.54) is 131 Å². The number of hydrogen-bond donors (Lipinski definition) is 0. The van der Waals surface area contributed by atoms with Crippen LogP contribution in [-0.4, -0.2) is 13.4 Å². The minimum atomic E-state index is -0.0760. The molecule has 6 heterocycles. The fourth-order valence-electron chi connectivity index (χ4n) is 11.8. The molecule has 8 aromatic carbocycles. The Balaban J connectivity index is 1.17. The van der Waals surface area contributed by atoms with E-state index in [1.807, 2.05) is 0 Å². The lowest BCUT2D eigenvalue weighted by atomic mass is 9.82. The zero-order valence-electron chi connectivity index (χ0n) is 39.1. The molecule has 0 fully saturated rings. The highest BCUT2D eigenvalue weighted by molar-refractivity contribution is 6.37. The Morgan fingerprint density at radius 2 is 0.864 bits per heavy atom. The van der Waals surface area contributed by atoms with E-state index in [1.54, 1.807) is 0 Å². The van der Waals surface area contributed by atoms with Gasteiger partial charge in [0.1, 0.15) is 5.58 Å². The fraction of sp³-hybridized carbons (Fsp3) is 0.194. The zero-order chi connectivity index (χ0) is 44.9. The number of aromatic nitrogens is 3. The minimum Gasteiger partial charge on any atom is -0.439 e. The van der Waals surface area contributed by atoms with Crippen LogP contribution < -0.4 is 0 Å². The van der Waals surface area contributed by atoms with Crippen LogP contribution in [-0.2, 0) is 16.2 Å². The summed E-state index contributed by atoms with van der Waals surface area (Å²) in [5.41, 5.74) is 18.0. The van der Waals surface area contributed by atoms with Crippen molar-refractivity contribution in [2.24, 2.45) is 0 Å². The summed E-state index contributed by atoms with van der Waals surface area (Å²) in [6.45, 7) is 21.2. The van der Waals surface area contributed by atoms with Crippen LogP contribution in [0, 0.1) is 0 Å². The number of nitrogens with zero attached hydrogens (tertiary/aromatic N) is 3. The molecular formula is C62H51N3O. The van der Waals surface area contributed by atoms with Gasteiger partial charge in [-0.05, 0) is 123 Å². The van der Waals surface area contributed by atoms with Gasteiger partial charge in [-0.15, -0.1) is 0 Å². The summed E-state index contributed by atoms with van der Waals surface area (Å²) in [5, 5.41) is 14.0. The molecule has 0 unspecified atom stereocenters. The Morgan fingerprint density at radius 3 is 1.53 bits per heavy atom. The molecule has 0 amide bonds. The lowest BCUT2D eigenvalue weighted by Gasteiger charge is -2.22. The molecule has 0 aliphatic carbocycles. The molecule has 0 aliphatic rings. The van der Waals surface area contributed by atoms with Gasteiger partial charge < -0.3 is 13.4 Å². The normalized spacial score (nSPS) is 13.5. The quantitative estimate of drug-likeness (QED) is 0.170. The Labute approximate surface area is 382 Å². The van der Waals surface area contributed by atoms with Gasteiger partial charge in [0.15, 0.2) is 0 Å². The van der Waals surface area contributed by atoms with Gasteiger partial charge in [0.05, 0.1) is 44.0 Å². The first-order valence-corrected chi connectivity index (χ1v) is 23.6. The Kier molecular flexibility index (Phi) is 7.10. The minimum absolute atomic E-state index is 0.0611. The maximum Gasteiger partial charge on any atom is 0.213 e. The molecule has 66 heavy (non-hydrogen) atoms. The number of furan rings is 1. The highest BCUT2D eigenvalue weighted by Crippen LogP contribution is 2.52. The summed E-state index contributed by atoms with van der Waals surface area (Å²) in [6, 6.07) is 55.1. The van der Waals surface area contributed by atoms with Gasteiger partial charge in [0.25, 0.3) is 0 Å². The number of rotatable bonds is 2. The molecule has 0 atom stereocenters. The third kappa shape index (κ3) is 4.84. The van der Waals surface area contributed by atoms with Gasteiger partial charge in [-0.2, -0.15) is 0 Å². The van der Waals surface area contributed by atoms with Gasteiger partial charge in [-0.3, -0.25) is 4.40 Å². The highest BCUT2D eigenvalue weighted by atomic mass is 16.3. The van der Waals surface area contributed by atoms with Crippen LogP contribution in [0.1, 0.15) is 79.0 Å². The van der Waals surface area contributed by atoms with Crippen molar-refractivity contribution in [1.82, 2.24) is 13.4 Å². The smallest absolute Gasteiger partial charge is 0.213 e. The summed E-state index contributed by atoms with van der Waals surface area (Å²) in [6.07, 6.45) is 0. The van der Waals surface area contributed by atoms with Crippen LogP contribution in [0.15, 0.2) is 150 Å². The van der Waals surface area contributed by atoms with Crippen molar-refractivity contribution in [2.45, 2.75) is 78.6 Å². The second-order valence-corrected chi connectivity index (χ2v) is 22.2. The highest BCUT2D eigenvalue weighted by Gasteiger charge is 2.31. The van der Waals surface area contributed by atoms with Crippen molar-refractivity contribution in [2.75, 3.05) is 0 Å². The van der Waals surface area contributed by atoms with Crippen LogP contribution in [0.3, 0.4) is 0 Å². The second-order valence-electron chi connectivity index (χ2n) is 22.2. The molecule has 14 aromatic rings. The summed E-state index contributed by atoms with van der Waals surface area (Å²) in [7, 11) is 0. The van der Waals surface area contributed by atoms with Crippen LogP contribution in [0.4, 0.5) is 0 Å². The fourth-order valence-corrected chi connectivity index (χ4v) is 11.8. The van der Waals surface area contributed by atoms with E-state index in [4.69, 9.17) is 4.42 Å². The van der Waals surface area contributed by atoms with Gasteiger partial charge in [0, 0.05) is 65.1 Å². The second kappa shape index (κ2) is 12.3. The van der Waals surface area contributed by atoms with E-state index in [2.05, 4.69) is 221 Å². The van der Waals surface area contributed by atoms with Gasteiger partial charge >= 0.3 is 0 Å². The molecule has 6 aromatic heterocycles. The van der Waals surface area contributed by atoms with E-state index in [0.29, 0.717) is 0 Å². The van der Waals surface area contributed by atoms with E-state index >= 15 is 0 Å². The first-order valence-electron chi connectivity index (χ1n) is 23.6. The summed E-state index contributed by atoms with van der Waals surface area (Å²) < 4.78 is 14.3. The van der Waals surface area contributed by atoms with Crippen molar-refractivity contribution in [1.29, 1.82) is 0 Å². The molecule has 0 saturated heterocycles. The molecule has 0 N–H and O–H groups in total. The Hall–Kier alpha value is -7.30. The van der Waals surface area contributed by atoms with E-state index in [-0.39, 0.29) is 16.2 Å². The van der Waals surface area contributed by atoms with Crippen molar-refractivity contribution in [3.63, 3.8) is 0 Å². The molecule has 0 aliphatic heterocycles. The number of fused-ring (bicyclic) bond motifs is 18. The number of benzene rings is 8. The summed E-state index contributed by atoms with van der Waals surface area (Å²) in [5.74, 6) is 0. The van der Waals surface area contributed by atoms with Gasteiger partial charge in [-0.1, -0.05) is 123 Å². The molecule has 4 heteroatoms. The topological polar surface area (TPSA) is 26.9 Å². The third-order valence-electron chi connectivity index (χ3n) is 15.1. The average molecular weight is 854 g/mol. The Bertz CT molecular complexity index is 4370. The van der Waals surface area contributed by atoms with Crippen LogP contribution in [0.25, 0.3) is 126 Å². The SMILES string of the molecule is CC(C)(C)c1cc(-c2ccc3c(c2)c2ccccc2n3-c2ccccc2)c2c(c1)c1cc(C(C)(C)C)cc3c4c5c6cc(C(C)(C)C)cc7c8c9ccccc9oc8n(c5ccc4n2c13)c67. The molecule has 0 radical (unpaired) electrons. The monoisotopic (exact) mass is 853 g/mol. The maximum atomic E-state index is 6.86. The molecule has 0 spiro atoms. The molecule has 0 saturated carbocycles. The Morgan fingerprint density at radius 1 is 0.364 bits per heavy atom. The standard InChI is InChI=1S/C62H51N3O/c1-60(2,3)35-28-41(34-23-24-49-42(27-34)39-19-13-15-21-48(39)63(49)38-17-11-10-12-18-38)56-43(29-35)44-30-36(61(4,5)6)32-46-54-50(64(56)57(44)46)25-26-51-55(54)47-33-37(62(7,8)9)31-45-53-40-20-14-16-22-52(40)66-59(53)65(51)58(45)47/h10-33H,1-9H3. The lowest BCUT2D eigenvalue weighted by molar-refractivity contribution is 0.591. The molecule has 4 nitrogen and oxygen atoms in total. The maximum absolute atomic E-state index is 6.86. The average Bonchev–Trinajstić information content (AvgIpc) is 4.13. The third-order valence-corrected chi connectivity index (χ3v) is 15.1. The number of para-hydroxylation sites is 3. The predicted molar refractivity (Wildman–Crippen MR) is 281 cm³/mol. The van der Waals surface area contributed by atoms with Gasteiger partial charge in [-0.25, -0.2) is 0 Å². The lowest BCUT2D eigenvalue weighted by Crippen LogP contribution is -2.11. The molecular weight excluding hydrogens is 803 g/mol. The first kappa shape index (κ1) is 38.0. The first-order chi connectivity index (χ1) is 31.6. The van der Waals surface area contributed by atoms with E-state index < -0.39 is 0 Å². The molecule has 320 valence electrons. The van der Waals surface area contributed by atoms with E-state index in [0.717, 1.165) is 11.3 Å². The summed E-state index contributed by atoms with van der Waals surface area (Å²) in [4.78, 5) is 0. The van der Waals surface area contributed by atoms with Crippen molar-refractivity contribution < 1.29 is 4.42 Å². The number of hydrogen-bond acceptors (Lipinski definition) is 1. The predicted octanol–water partition coefficient (Wildman–Crippen LogP) is 17.4. The van der Waals surface area contributed by atoms with Crippen LogP contribution in [0.2, 0.25) is 0 Å². The van der Waals surface area contributed by atoms with Crippen molar-refractivity contribution >= 4 is 109 Å². The van der Waals surface area contributed by atoms with Crippen molar-refractivity contribution in [3.05, 3.63) is 162 Å². The molecule has 0 bridgehead atoms. The largest absolute Gasteiger partial charge is 0.439 e. The zero-order valence-corrected chi connectivity index (χ0v) is 39.1. The van der Waals surface area contributed by atoms with E-state index in [9.17, 15) is 0 Å². The summed E-state index contributed by atoms with van der Waals surface area (Å²) >= 11 is 0.